The van der Waals surface area contributed by atoms with Crippen molar-refractivity contribution in [2.75, 3.05) is 39.6 Å². The van der Waals surface area contributed by atoms with Crippen molar-refractivity contribution in [2.24, 2.45) is 0 Å². The molecular formula is C45H56O29. The highest BCUT2D eigenvalue weighted by Crippen LogP contribution is 2.33. The molecule has 6 aliphatic heterocycles. The summed E-state index contributed by atoms with van der Waals surface area (Å²) >= 11 is 0. The molecule has 12 atom stereocenters. The normalized spacial score (nSPS) is 28.0. The van der Waals surface area contributed by atoms with E-state index in [1.54, 1.807) is 0 Å². The monoisotopic (exact) mass is 1060 g/mol. The fourth-order valence-electron chi connectivity index (χ4n) is 7.74. The zero-order chi connectivity index (χ0) is 54.5. The molecule has 0 unspecified atom stereocenters. The number of aliphatic carboxylic acids is 5. The lowest BCUT2D eigenvalue weighted by Gasteiger charge is -2.17. The molecule has 0 saturated carbocycles. The van der Waals surface area contributed by atoms with E-state index in [4.69, 9.17) is 82.4 Å². The van der Waals surface area contributed by atoms with Crippen LogP contribution in [0.5, 0.6) is 0 Å². The van der Waals surface area contributed by atoms with Crippen LogP contribution in [0.1, 0.15) is 71.1 Å². The van der Waals surface area contributed by atoms with Crippen molar-refractivity contribution in [1.82, 2.24) is 0 Å². The third-order valence-electron chi connectivity index (χ3n) is 11.0. The number of hydrogen-bond acceptors (Lipinski definition) is 24. The highest BCUT2D eigenvalue weighted by atomic mass is 16.7. The number of fused-ring (bicyclic) bond motifs is 3. The lowest BCUT2D eigenvalue weighted by Crippen LogP contribution is -2.36. The zero-order valence-electron chi connectivity index (χ0n) is 39.6. The van der Waals surface area contributed by atoms with Crippen LogP contribution >= 0.6 is 0 Å². The third kappa shape index (κ3) is 20.2. The van der Waals surface area contributed by atoms with Crippen molar-refractivity contribution in [3.8, 4) is 0 Å². The number of carboxylic acids is 5. The molecule has 0 amide bonds. The van der Waals surface area contributed by atoms with Gasteiger partial charge in [-0.3, -0.25) is 33.6 Å². The molecule has 6 rings (SSSR count). The van der Waals surface area contributed by atoms with E-state index in [1.165, 1.54) is 6.92 Å². The van der Waals surface area contributed by atoms with Gasteiger partial charge < -0.3 is 87.2 Å². The lowest BCUT2D eigenvalue weighted by atomic mass is 10.1. The molecule has 0 aliphatic carbocycles. The summed E-state index contributed by atoms with van der Waals surface area (Å²) in [5, 5.41) is 42.5. The number of Topliss-reactive ketones (excluding diaryl/α,β-unsaturated/α-hetero) is 1. The second-order valence-electron chi connectivity index (χ2n) is 16.8. The second kappa shape index (κ2) is 29.7. The Morgan fingerprint density at radius 3 is 0.865 bits per heavy atom. The molecule has 6 saturated heterocycles. The Kier molecular flexibility index (Phi) is 23.9. The van der Waals surface area contributed by atoms with E-state index >= 15 is 0 Å². The Balaban J connectivity index is 0.000000241. The SMILES string of the molecule is CC(=O)CCCC(=O)O[C@H]1CO[C@H]2[C@@H]1OC[C@H]2OC(=O)CCCC(=O)O.O=C(O)C=CC(=O)O[C@H]1CO[C@H]2[C@@H]1OC[C@H]2OC(=O)C=CC(=O)O.O=C(O)CCC(=O)O[C@H]1CO[C@H]2[C@@H]1OC[C@H]2OC(=O)CCC(=O)O. The Bertz CT molecular complexity index is 1970. The van der Waals surface area contributed by atoms with E-state index in [1.807, 2.05) is 0 Å². The maximum absolute atomic E-state index is 11.8. The van der Waals surface area contributed by atoms with Crippen molar-refractivity contribution in [1.29, 1.82) is 0 Å². The molecule has 0 spiro atoms. The summed E-state index contributed by atoms with van der Waals surface area (Å²) in [6.45, 7) is 1.87. The highest BCUT2D eigenvalue weighted by molar-refractivity contribution is 5.91. The van der Waals surface area contributed by atoms with Gasteiger partial charge in [0.2, 0.25) is 0 Å². The van der Waals surface area contributed by atoms with E-state index in [2.05, 4.69) is 0 Å². The van der Waals surface area contributed by atoms with E-state index in [0.717, 1.165) is 12.2 Å². The molecule has 6 heterocycles. The van der Waals surface area contributed by atoms with Crippen LogP contribution in [0.4, 0.5) is 0 Å². The van der Waals surface area contributed by atoms with E-state index in [9.17, 15) is 57.5 Å². The summed E-state index contributed by atoms with van der Waals surface area (Å²) < 4.78 is 63.8. The van der Waals surface area contributed by atoms with Crippen LogP contribution in [-0.4, -0.2) is 210 Å². The number of ether oxygens (including phenoxy) is 12. The Morgan fingerprint density at radius 1 is 0.351 bits per heavy atom. The first-order chi connectivity index (χ1) is 35.1. The van der Waals surface area contributed by atoms with Gasteiger partial charge in [-0.15, -0.1) is 0 Å². The molecule has 74 heavy (non-hydrogen) atoms. The second-order valence-corrected chi connectivity index (χ2v) is 16.8. The summed E-state index contributed by atoms with van der Waals surface area (Å²) in [5.74, 6) is -9.70. The number of ketones is 1. The van der Waals surface area contributed by atoms with Crippen molar-refractivity contribution in [3.63, 3.8) is 0 Å². The molecule has 5 N–H and O–H groups in total. The smallest absolute Gasteiger partial charge is 0.331 e. The molecule has 29 heteroatoms. The Morgan fingerprint density at radius 2 is 0.608 bits per heavy atom. The maximum Gasteiger partial charge on any atom is 0.331 e. The maximum atomic E-state index is 11.8. The molecular weight excluding hydrogens is 1000 g/mol. The van der Waals surface area contributed by atoms with Crippen molar-refractivity contribution < 1.29 is 140 Å². The molecule has 0 aromatic carbocycles. The van der Waals surface area contributed by atoms with Crippen molar-refractivity contribution in [2.45, 2.75) is 144 Å². The number of rotatable bonds is 24. The molecule has 0 bridgehead atoms. The largest absolute Gasteiger partial charge is 0.481 e. The molecule has 0 aromatic rings. The minimum absolute atomic E-state index is 0.000993. The number of esters is 6. The average Bonchev–Trinajstić information content (AvgIpc) is 4.19. The van der Waals surface area contributed by atoms with Gasteiger partial charge in [0.25, 0.3) is 0 Å². The summed E-state index contributed by atoms with van der Waals surface area (Å²) in [6.07, 6.45) is -4.92. The fraction of sp³-hybridized carbons (Fsp3) is 0.644. The number of carbonyl (C=O) groups is 12. The average molecular weight is 1060 g/mol. The van der Waals surface area contributed by atoms with Gasteiger partial charge in [0.1, 0.15) is 42.4 Å². The van der Waals surface area contributed by atoms with Gasteiger partial charge in [0.05, 0.1) is 65.3 Å². The summed E-state index contributed by atoms with van der Waals surface area (Å²) in [4.78, 5) is 132. The van der Waals surface area contributed by atoms with E-state index < -0.39 is 139 Å². The first kappa shape index (κ1) is 59.6. The third-order valence-corrected chi connectivity index (χ3v) is 11.0. The summed E-state index contributed by atoms with van der Waals surface area (Å²) in [5.41, 5.74) is 0. The molecule has 410 valence electrons. The minimum Gasteiger partial charge on any atom is -0.481 e. The highest BCUT2D eigenvalue weighted by Gasteiger charge is 2.53. The predicted molar refractivity (Wildman–Crippen MR) is 231 cm³/mol. The van der Waals surface area contributed by atoms with Gasteiger partial charge in [-0.05, 0) is 19.8 Å². The molecule has 6 aliphatic rings. The Labute approximate surface area is 419 Å². The Hall–Kier alpha value is -6.92. The number of carboxylic acid groups (broad SMARTS) is 5. The summed E-state index contributed by atoms with van der Waals surface area (Å²) in [7, 11) is 0. The van der Waals surface area contributed by atoms with Gasteiger partial charge in [-0.1, -0.05) is 0 Å². The molecule has 6 fully saturated rings. The topological polar surface area (TPSA) is 417 Å². The molecule has 0 radical (unpaired) electrons. The first-order valence-electron chi connectivity index (χ1n) is 23.0. The van der Waals surface area contributed by atoms with Crippen molar-refractivity contribution in [3.05, 3.63) is 24.3 Å². The summed E-state index contributed by atoms with van der Waals surface area (Å²) in [6, 6.07) is 0. The van der Waals surface area contributed by atoms with Crippen LogP contribution in [0.15, 0.2) is 24.3 Å². The standard InChI is InChI=1S/C17H24O9.C14H18O10.C14H14O10/c1-10(18)4-2-6-14(21)25-11-8-23-17-12(9-24-16(11)17)26-15(22)7-3-5-13(19)20;2*15-9(16)1-3-11(19)23-7-5-21-14-8(6-22-13(7)14)24-12(20)4-2-10(17)18/h11-12,16-17H,2-9H2,1H3,(H,19,20);7-8,13-14H,1-6H2,(H,15,16)(H,17,18);1-4,7-8,13-14H,5-6H2,(H,15,16)(H,17,18)/t11-,12+,16+,17+;2*7-,8+,13-,14-/m011/s1. The van der Waals surface area contributed by atoms with Crippen LogP contribution in [0.25, 0.3) is 0 Å². The first-order valence-corrected chi connectivity index (χ1v) is 23.0. The van der Waals surface area contributed by atoms with E-state index in [0.29, 0.717) is 25.0 Å². The zero-order valence-corrected chi connectivity index (χ0v) is 39.6. The van der Waals surface area contributed by atoms with Crippen LogP contribution in [0.3, 0.4) is 0 Å². The van der Waals surface area contributed by atoms with Gasteiger partial charge >= 0.3 is 65.7 Å². The van der Waals surface area contributed by atoms with Crippen LogP contribution in [0.2, 0.25) is 0 Å². The van der Waals surface area contributed by atoms with Crippen LogP contribution in [-0.2, 0) is 114 Å². The quantitative estimate of drug-likeness (QED) is 0.0433. The van der Waals surface area contributed by atoms with Gasteiger partial charge in [0.15, 0.2) is 36.6 Å². The van der Waals surface area contributed by atoms with Gasteiger partial charge in [0, 0.05) is 50.0 Å². The van der Waals surface area contributed by atoms with E-state index in [-0.39, 0.29) is 96.8 Å². The number of hydrogen-bond donors (Lipinski definition) is 5. The molecule has 0 aromatic heterocycles. The predicted octanol–water partition coefficient (Wildman–Crippen LogP) is -1.15. The van der Waals surface area contributed by atoms with Gasteiger partial charge in [-0.25, -0.2) is 19.2 Å². The van der Waals surface area contributed by atoms with Crippen LogP contribution in [0, 0.1) is 0 Å². The number of carbonyl (C=O) groups excluding carboxylic acids is 7. The molecule has 29 nitrogen and oxygen atoms in total. The van der Waals surface area contributed by atoms with Crippen molar-refractivity contribution >= 4 is 71.4 Å². The minimum atomic E-state index is -1.29. The fourth-order valence-corrected chi connectivity index (χ4v) is 7.74. The lowest BCUT2D eigenvalue weighted by molar-refractivity contribution is -0.158. The van der Waals surface area contributed by atoms with Crippen LogP contribution < -0.4 is 0 Å². The van der Waals surface area contributed by atoms with Gasteiger partial charge in [-0.2, -0.15) is 0 Å².